The van der Waals surface area contributed by atoms with Crippen molar-refractivity contribution < 1.29 is 18.0 Å². The number of carbonyl (C=O) groups excluding carboxylic acids is 2. The topological polar surface area (TPSA) is 104 Å². The van der Waals surface area contributed by atoms with Crippen LogP contribution in [0.25, 0.3) is 0 Å². The minimum Gasteiger partial charge on any atom is -0.274 e. The molecule has 21 heavy (non-hydrogen) atoms. The van der Waals surface area contributed by atoms with E-state index >= 15 is 0 Å². The molecule has 1 aromatic rings. The van der Waals surface area contributed by atoms with Gasteiger partial charge in [-0.25, -0.2) is 13.1 Å². The molecule has 8 heteroatoms. The van der Waals surface area contributed by atoms with Gasteiger partial charge in [0.15, 0.2) is 0 Å². The quantitative estimate of drug-likeness (QED) is 0.672. The lowest BCUT2D eigenvalue weighted by Crippen LogP contribution is -2.41. The Labute approximate surface area is 124 Å². The number of nitrogens with one attached hydrogen (secondary N) is 3. The smallest absolute Gasteiger partial charge is 0.240 e. The van der Waals surface area contributed by atoms with Crippen LogP contribution in [0.4, 0.5) is 0 Å². The number of carbonyl (C=O) groups is 2. The second kappa shape index (κ2) is 7.19. The molecule has 0 aromatic heterocycles. The van der Waals surface area contributed by atoms with E-state index in [-0.39, 0.29) is 17.9 Å². The predicted octanol–water partition coefficient (Wildman–Crippen LogP) is 0.139. The number of hydrogen-bond donors (Lipinski definition) is 3. The van der Waals surface area contributed by atoms with E-state index in [1.807, 2.05) is 13.8 Å². The van der Waals surface area contributed by atoms with E-state index in [0.29, 0.717) is 0 Å². The van der Waals surface area contributed by atoms with Crippen molar-refractivity contribution in [1.29, 1.82) is 0 Å². The third-order valence-corrected chi connectivity index (χ3v) is 4.27. The number of sulfonamides is 1. The lowest BCUT2D eigenvalue weighted by Gasteiger charge is -2.09. The Balaban J connectivity index is 2.55. The Hall–Kier alpha value is -1.93. The number of hydrogen-bond acceptors (Lipinski definition) is 4. The summed E-state index contributed by atoms with van der Waals surface area (Å²) in [5, 5.41) is 0. The Kier molecular flexibility index (Phi) is 5.86. The minimum atomic E-state index is -3.64. The molecule has 0 heterocycles. The molecule has 0 aliphatic carbocycles. The Morgan fingerprint density at radius 2 is 1.76 bits per heavy atom. The third kappa shape index (κ3) is 5.52. The van der Waals surface area contributed by atoms with Gasteiger partial charge in [-0.05, 0) is 37.1 Å². The molecule has 0 atom stereocenters. The van der Waals surface area contributed by atoms with Gasteiger partial charge in [0.1, 0.15) is 0 Å². The summed E-state index contributed by atoms with van der Waals surface area (Å²) in [4.78, 5) is 22.1. The average Bonchev–Trinajstić information content (AvgIpc) is 2.39. The highest BCUT2D eigenvalue weighted by Crippen LogP contribution is 2.14. The predicted molar refractivity (Wildman–Crippen MR) is 77.7 cm³/mol. The molecule has 0 bridgehead atoms. The van der Waals surface area contributed by atoms with Gasteiger partial charge in [-0.15, -0.1) is 0 Å². The van der Waals surface area contributed by atoms with Crippen LogP contribution in [-0.2, 0) is 19.6 Å². The molecule has 3 N–H and O–H groups in total. The fraction of sp³-hybridized carbons (Fsp3) is 0.385. The Morgan fingerprint density at radius 3 is 2.33 bits per heavy atom. The number of amides is 2. The van der Waals surface area contributed by atoms with Crippen molar-refractivity contribution >= 4 is 21.8 Å². The summed E-state index contributed by atoms with van der Waals surface area (Å²) in [6, 6.07) is 4.82. The van der Waals surface area contributed by atoms with Crippen LogP contribution >= 0.6 is 0 Å². The summed E-state index contributed by atoms with van der Waals surface area (Å²) in [6.45, 7) is 4.92. The first-order valence-electron chi connectivity index (χ1n) is 6.34. The maximum Gasteiger partial charge on any atom is 0.240 e. The van der Waals surface area contributed by atoms with Crippen LogP contribution in [0.2, 0.25) is 0 Å². The van der Waals surface area contributed by atoms with E-state index in [4.69, 9.17) is 0 Å². The first kappa shape index (κ1) is 17.1. The third-order valence-electron chi connectivity index (χ3n) is 2.81. The number of benzene rings is 1. The first-order valence-corrected chi connectivity index (χ1v) is 7.83. The van der Waals surface area contributed by atoms with Gasteiger partial charge in [0.2, 0.25) is 21.8 Å². The van der Waals surface area contributed by atoms with Gasteiger partial charge in [0.05, 0.1) is 4.90 Å². The molecule has 0 saturated carbocycles. The van der Waals surface area contributed by atoms with Gasteiger partial charge in [0.25, 0.3) is 0 Å². The van der Waals surface area contributed by atoms with Crippen molar-refractivity contribution in [3.8, 4) is 0 Å². The lowest BCUT2D eigenvalue weighted by molar-refractivity contribution is -0.127. The van der Waals surface area contributed by atoms with Crippen molar-refractivity contribution in [2.45, 2.75) is 32.1 Å². The highest BCUT2D eigenvalue weighted by Gasteiger charge is 2.14. The monoisotopic (exact) mass is 313 g/mol. The van der Waals surface area contributed by atoms with Crippen LogP contribution in [0.1, 0.15) is 24.5 Å². The highest BCUT2D eigenvalue weighted by atomic mass is 32.2. The highest BCUT2D eigenvalue weighted by molar-refractivity contribution is 7.89. The molecule has 2 amide bonds. The van der Waals surface area contributed by atoms with Crippen molar-refractivity contribution in [3.63, 3.8) is 0 Å². The molecule has 1 rings (SSSR count). The number of rotatable bonds is 5. The number of aryl methyl sites for hydroxylation is 2. The standard InChI is InChI=1S/C13H19N3O4S/c1-9-4-5-12(8-10(9)2)21(19,20)14-7-6-13(18)16-15-11(3)17/h4-5,8,14H,6-7H2,1-3H3,(H,15,17)(H,16,18). The average molecular weight is 313 g/mol. The molecule has 0 radical (unpaired) electrons. The molecule has 1 aromatic carbocycles. The van der Waals surface area contributed by atoms with Gasteiger partial charge in [-0.1, -0.05) is 6.07 Å². The van der Waals surface area contributed by atoms with Crippen LogP contribution in [0.15, 0.2) is 23.1 Å². The van der Waals surface area contributed by atoms with E-state index in [0.717, 1.165) is 11.1 Å². The van der Waals surface area contributed by atoms with Gasteiger partial charge in [-0.2, -0.15) is 0 Å². The normalized spacial score (nSPS) is 11.0. The summed E-state index contributed by atoms with van der Waals surface area (Å²) >= 11 is 0. The molecular weight excluding hydrogens is 294 g/mol. The summed E-state index contributed by atoms with van der Waals surface area (Å²) in [5.74, 6) is -0.882. The SMILES string of the molecule is CC(=O)NNC(=O)CCNS(=O)(=O)c1ccc(C)c(C)c1. The second-order valence-electron chi connectivity index (χ2n) is 4.62. The first-order chi connectivity index (χ1) is 9.72. The van der Waals surface area contributed by atoms with E-state index in [2.05, 4.69) is 15.6 Å². The summed E-state index contributed by atoms with van der Waals surface area (Å²) < 4.78 is 26.4. The summed E-state index contributed by atoms with van der Waals surface area (Å²) in [6.07, 6.45) is -0.0790. The van der Waals surface area contributed by atoms with Crippen LogP contribution < -0.4 is 15.6 Å². The van der Waals surface area contributed by atoms with Crippen molar-refractivity contribution in [2.24, 2.45) is 0 Å². The fourth-order valence-electron chi connectivity index (χ4n) is 1.48. The van der Waals surface area contributed by atoms with Gasteiger partial charge >= 0.3 is 0 Å². The van der Waals surface area contributed by atoms with E-state index in [1.54, 1.807) is 12.1 Å². The Morgan fingerprint density at radius 1 is 1.10 bits per heavy atom. The minimum absolute atomic E-state index is 0.0549. The largest absolute Gasteiger partial charge is 0.274 e. The molecule has 0 fully saturated rings. The van der Waals surface area contributed by atoms with Gasteiger partial charge < -0.3 is 0 Å². The molecule has 0 unspecified atom stereocenters. The maximum atomic E-state index is 12.0. The molecule has 0 saturated heterocycles. The van der Waals surface area contributed by atoms with Gasteiger partial charge in [0, 0.05) is 19.9 Å². The van der Waals surface area contributed by atoms with Crippen molar-refractivity contribution in [2.75, 3.05) is 6.54 Å². The van der Waals surface area contributed by atoms with Crippen molar-refractivity contribution in [1.82, 2.24) is 15.6 Å². The second-order valence-corrected chi connectivity index (χ2v) is 6.39. The number of hydrazine groups is 1. The van der Waals surface area contributed by atoms with Crippen molar-refractivity contribution in [3.05, 3.63) is 29.3 Å². The van der Waals surface area contributed by atoms with E-state index in [1.165, 1.54) is 13.0 Å². The molecule has 7 nitrogen and oxygen atoms in total. The molecule has 116 valence electrons. The fourth-order valence-corrected chi connectivity index (χ4v) is 2.60. The molecular formula is C13H19N3O4S. The lowest BCUT2D eigenvalue weighted by atomic mass is 10.1. The van der Waals surface area contributed by atoms with Crippen LogP contribution in [0.3, 0.4) is 0 Å². The Bertz CT molecular complexity index is 641. The van der Waals surface area contributed by atoms with Crippen LogP contribution in [-0.4, -0.2) is 26.8 Å². The zero-order chi connectivity index (χ0) is 16.0. The summed E-state index contributed by atoms with van der Waals surface area (Å²) in [7, 11) is -3.64. The van der Waals surface area contributed by atoms with Crippen LogP contribution in [0.5, 0.6) is 0 Å². The molecule has 0 aliphatic rings. The van der Waals surface area contributed by atoms with Gasteiger partial charge in [-0.3, -0.25) is 20.4 Å². The summed E-state index contributed by atoms with van der Waals surface area (Å²) in [5.41, 5.74) is 6.15. The zero-order valence-electron chi connectivity index (χ0n) is 12.2. The van der Waals surface area contributed by atoms with Crippen LogP contribution in [0, 0.1) is 13.8 Å². The molecule has 0 aliphatic heterocycles. The maximum absolute atomic E-state index is 12.0. The molecule has 0 spiro atoms. The van der Waals surface area contributed by atoms with E-state index < -0.39 is 21.8 Å². The zero-order valence-corrected chi connectivity index (χ0v) is 13.0. The van der Waals surface area contributed by atoms with E-state index in [9.17, 15) is 18.0 Å².